The van der Waals surface area contributed by atoms with E-state index in [9.17, 15) is 9.18 Å². The van der Waals surface area contributed by atoms with Crippen molar-refractivity contribution in [2.24, 2.45) is 0 Å². The Kier molecular flexibility index (Phi) is 4.72. The molecule has 2 aliphatic heterocycles. The first kappa shape index (κ1) is 18.1. The van der Waals surface area contributed by atoms with E-state index in [1.54, 1.807) is 6.07 Å². The molecule has 3 atom stereocenters. The lowest BCUT2D eigenvalue weighted by molar-refractivity contribution is -0.122. The van der Waals surface area contributed by atoms with Crippen LogP contribution in [0.4, 0.5) is 4.39 Å². The highest BCUT2D eigenvalue weighted by molar-refractivity contribution is 5.77. The van der Waals surface area contributed by atoms with Crippen molar-refractivity contribution in [3.8, 4) is 0 Å². The van der Waals surface area contributed by atoms with Gasteiger partial charge in [0.15, 0.2) is 0 Å². The van der Waals surface area contributed by atoms with Gasteiger partial charge in [-0.2, -0.15) is 0 Å². The van der Waals surface area contributed by atoms with Gasteiger partial charge in [0.05, 0.1) is 11.2 Å². The highest BCUT2D eigenvalue weighted by Gasteiger charge is 2.51. The molecule has 5 heteroatoms. The Morgan fingerprint density at radius 2 is 2.07 bits per heavy atom. The van der Waals surface area contributed by atoms with Gasteiger partial charge < -0.3 is 5.32 Å². The topological polar surface area (TPSA) is 45.2 Å². The summed E-state index contributed by atoms with van der Waals surface area (Å²) in [7, 11) is 0. The molecule has 0 aliphatic carbocycles. The average molecular weight is 367 g/mol. The van der Waals surface area contributed by atoms with Crippen LogP contribution in [0.2, 0.25) is 0 Å². The molecule has 2 fully saturated rings. The second kappa shape index (κ2) is 7.04. The van der Waals surface area contributed by atoms with Crippen molar-refractivity contribution in [2.75, 3.05) is 0 Å². The lowest BCUT2D eigenvalue weighted by atomic mass is 9.88. The Labute approximate surface area is 159 Å². The summed E-state index contributed by atoms with van der Waals surface area (Å²) in [6, 6.07) is 13.1. The van der Waals surface area contributed by atoms with Crippen LogP contribution in [0, 0.1) is 12.7 Å². The summed E-state index contributed by atoms with van der Waals surface area (Å²) >= 11 is 0. The number of benzene rings is 1. The summed E-state index contributed by atoms with van der Waals surface area (Å²) in [6.07, 6.45) is 3.04. The SMILES string of the molecule is Cc1cccc(CN2[C@H]3CCCC(=O)N[C@@]3(C)C[C@H]2c2ccccc2F)n1. The third-order valence-electron chi connectivity index (χ3n) is 6.01. The fourth-order valence-electron chi connectivity index (χ4n) is 4.82. The third kappa shape index (κ3) is 3.48. The number of hydrogen-bond acceptors (Lipinski definition) is 3. The van der Waals surface area contributed by atoms with Crippen LogP contribution in [-0.2, 0) is 11.3 Å². The largest absolute Gasteiger partial charge is 0.349 e. The van der Waals surface area contributed by atoms with Crippen molar-refractivity contribution in [3.05, 3.63) is 65.2 Å². The minimum Gasteiger partial charge on any atom is -0.349 e. The molecule has 0 bridgehead atoms. The summed E-state index contributed by atoms with van der Waals surface area (Å²) in [4.78, 5) is 19.3. The van der Waals surface area contributed by atoms with E-state index in [0.717, 1.165) is 24.2 Å². The Balaban J connectivity index is 1.74. The van der Waals surface area contributed by atoms with Crippen LogP contribution in [0.1, 0.15) is 55.6 Å². The van der Waals surface area contributed by atoms with Gasteiger partial charge in [0.2, 0.25) is 5.91 Å². The van der Waals surface area contributed by atoms with Crippen molar-refractivity contribution >= 4 is 5.91 Å². The molecule has 27 heavy (non-hydrogen) atoms. The third-order valence-corrected chi connectivity index (χ3v) is 6.01. The monoisotopic (exact) mass is 367 g/mol. The van der Waals surface area contributed by atoms with Gasteiger partial charge in [0.25, 0.3) is 0 Å². The Hall–Kier alpha value is -2.27. The van der Waals surface area contributed by atoms with Crippen molar-refractivity contribution in [2.45, 2.75) is 63.7 Å². The van der Waals surface area contributed by atoms with Gasteiger partial charge in [-0.1, -0.05) is 24.3 Å². The molecule has 1 aromatic heterocycles. The van der Waals surface area contributed by atoms with Crippen LogP contribution in [0.15, 0.2) is 42.5 Å². The number of nitrogens with zero attached hydrogens (tertiary/aromatic N) is 2. The molecular formula is C22H26FN3O. The minimum absolute atomic E-state index is 0.0816. The van der Waals surface area contributed by atoms with Gasteiger partial charge in [0.1, 0.15) is 5.82 Å². The zero-order chi connectivity index (χ0) is 19.0. The summed E-state index contributed by atoms with van der Waals surface area (Å²) in [5, 5.41) is 3.24. The molecule has 2 saturated heterocycles. The molecule has 1 aromatic carbocycles. The van der Waals surface area contributed by atoms with Crippen LogP contribution in [0.25, 0.3) is 0 Å². The Bertz CT molecular complexity index is 855. The van der Waals surface area contributed by atoms with Gasteiger partial charge >= 0.3 is 0 Å². The molecule has 142 valence electrons. The second-order valence-electron chi connectivity index (χ2n) is 8.06. The molecule has 4 nitrogen and oxygen atoms in total. The van der Waals surface area contributed by atoms with Crippen molar-refractivity contribution in [1.82, 2.24) is 15.2 Å². The fourth-order valence-corrected chi connectivity index (χ4v) is 4.82. The van der Waals surface area contributed by atoms with E-state index in [4.69, 9.17) is 0 Å². The fraction of sp³-hybridized carbons (Fsp3) is 0.455. The highest BCUT2D eigenvalue weighted by Crippen LogP contribution is 2.46. The molecule has 1 amide bonds. The summed E-state index contributed by atoms with van der Waals surface area (Å²) in [5.74, 6) is -0.0844. The highest BCUT2D eigenvalue weighted by atomic mass is 19.1. The molecule has 4 rings (SSSR count). The molecule has 2 aliphatic rings. The number of likely N-dealkylation sites (tertiary alicyclic amines) is 1. The molecule has 0 saturated carbocycles. The first-order valence-electron chi connectivity index (χ1n) is 9.70. The maximum Gasteiger partial charge on any atom is 0.220 e. The van der Waals surface area contributed by atoms with Crippen LogP contribution in [0.3, 0.4) is 0 Å². The number of hydrogen-bond donors (Lipinski definition) is 1. The van der Waals surface area contributed by atoms with Crippen LogP contribution in [0.5, 0.6) is 0 Å². The average Bonchev–Trinajstić information content (AvgIpc) is 2.78. The maximum absolute atomic E-state index is 14.6. The van der Waals surface area contributed by atoms with E-state index >= 15 is 0 Å². The summed E-state index contributed by atoms with van der Waals surface area (Å²) in [6.45, 7) is 4.74. The molecule has 0 radical (unpaired) electrons. The number of carbonyl (C=O) groups excluding carboxylic acids is 1. The number of carbonyl (C=O) groups is 1. The molecule has 2 aromatic rings. The molecule has 0 unspecified atom stereocenters. The number of aryl methyl sites for hydroxylation is 1. The Morgan fingerprint density at radius 1 is 1.26 bits per heavy atom. The molecule has 1 N–H and O–H groups in total. The smallest absolute Gasteiger partial charge is 0.220 e. The first-order valence-corrected chi connectivity index (χ1v) is 9.70. The maximum atomic E-state index is 14.6. The van der Waals surface area contributed by atoms with E-state index in [1.807, 2.05) is 37.3 Å². The van der Waals surface area contributed by atoms with Gasteiger partial charge in [-0.15, -0.1) is 0 Å². The predicted molar refractivity (Wildman–Crippen MR) is 102 cm³/mol. The van der Waals surface area contributed by atoms with Gasteiger partial charge in [-0.05, 0) is 51.3 Å². The molecular weight excluding hydrogens is 341 g/mol. The van der Waals surface area contributed by atoms with Gasteiger partial charge in [-0.25, -0.2) is 4.39 Å². The lowest BCUT2D eigenvalue weighted by Crippen LogP contribution is -2.52. The standard InChI is InChI=1S/C22H26FN3O/c1-15-7-5-8-16(24-15)14-26-19(17-9-3-4-10-18(17)23)13-22(2)20(26)11-6-12-21(27)25-22/h3-5,7-10,19-20H,6,11-14H2,1-2H3,(H,25,27)/t19-,20-,22-/m0/s1. The Morgan fingerprint density at radius 3 is 2.85 bits per heavy atom. The number of rotatable bonds is 3. The van der Waals surface area contributed by atoms with Crippen LogP contribution in [-0.4, -0.2) is 27.4 Å². The van der Waals surface area contributed by atoms with E-state index in [1.165, 1.54) is 6.07 Å². The van der Waals surface area contributed by atoms with E-state index in [2.05, 4.69) is 22.1 Å². The van der Waals surface area contributed by atoms with E-state index < -0.39 is 0 Å². The van der Waals surface area contributed by atoms with Crippen molar-refractivity contribution < 1.29 is 9.18 Å². The number of fused-ring (bicyclic) bond motifs is 1. The van der Waals surface area contributed by atoms with Crippen molar-refractivity contribution in [3.63, 3.8) is 0 Å². The molecule has 3 heterocycles. The first-order chi connectivity index (χ1) is 13.0. The minimum atomic E-state index is -0.357. The number of amides is 1. The normalized spacial score (nSPS) is 28.5. The summed E-state index contributed by atoms with van der Waals surface area (Å²) < 4.78 is 14.6. The predicted octanol–water partition coefficient (Wildman–Crippen LogP) is 3.90. The van der Waals surface area contributed by atoms with Gasteiger partial charge in [-0.3, -0.25) is 14.7 Å². The number of nitrogens with one attached hydrogen (secondary N) is 1. The van der Waals surface area contributed by atoms with E-state index in [-0.39, 0.29) is 29.3 Å². The van der Waals surface area contributed by atoms with Gasteiger partial charge in [0, 0.05) is 36.3 Å². The van der Waals surface area contributed by atoms with Crippen LogP contribution >= 0.6 is 0 Å². The van der Waals surface area contributed by atoms with Crippen molar-refractivity contribution in [1.29, 1.82) is 0 Å². The number of aromatic nitrogens is 1. The quantitative estimate of drug-likeness (QED) is 0.895. The zero-order valence-electron chi connectivity index (χ0n) is 15.9. The van der Waals surface area contributed by atoms with Crippen LogP contribution < -0.4 is 5.32 Å². The number of pyridine rings is 1. The van der Waals surface area contributed by atoms with E-state index in [0.29, 0.717) is 24.9 Å². The summed E-state index contributed by atoms with van der Waals surface area (Å²) in [5.41, 5.74) is 2.31. The number of halogens is 1. The molecule has 0 spiro atoms. The zero-order valence-corrected chi connectivity index (χ0v) is 15.9. The second-order valence-corrected chi connectivity index (χ2v) is 8.06. The lowest BCUT2D eigenvalue weighted by Gasteiger charge is -2.35.